The average Bonchev–Trinajstić information content (AvgIpc) is 4.45. The largest absolute Gasteiger partial charge is 0.545 e. The maximum Gasteiger partial charge on any atom is 0.230 e. The Hall–Kier alpha value is -6.56. The molecule has 0 radical (unpaired) electrons. The van der Waals surface area contributed by atoms with Crippen LogP contribution in [0.5, 0.6) is 0 Å². The van der Waals surface area contributed by atoms with Gasteiger partial charge in [0.25, 0.3) is 0 Å². The van der Waals surface area contributed by atoms with Crippen molar-refractivity contribution < 1.29 is 135 Å². The second kappa shape index (κ2) is 73.5. The van der Waals surface area contributed by atoms with E-state index in [1.54, 1.807) is 0 Å². The van der Waals surface area contributed by atoms with Crippen molar-refractivity contribution in [2.24, 2.45) is 5.73 Å². The summed E-state index contributed by atoms with van der Waals surface area (Å²) in [6, 6.07) is 0.0131. The summed E-state index contributed by atoms with van der Waals surface area (Å²) in [6.45, 7) is 55.4. The van der Waals surface area contributed by atoms with E-state index >= 15 is 0 Å². The molecule has 0 spiro atoms. The molecule has 484 valence electrons. The molecule has 85 heavy (non-hydrogen) atoms. The van der Waals surface area contributed by atoms with E-state index in [2.05, 4.69) is 129 Å². The van der Waals surface area contributed by atoms with Gasteiger partial charge in [0.05, 0.1) is 16.5 Å². The third kappa shape index (κ3) is 49.4. The number of alkyl halides is 1. The Morgan fingerprint density at radius 1 is 0.412 bits per heavy atom. The normalized spacial score (nSPS) is 14.0. The zero-order chi connectivity index (χ0) is 65.8. The van der Waals surface area contributed by atoms with Crippen LogP contribution in [0.15, 0.2) is 74.4 Å². The Bertz CT molecular complexity index is 1680. The summed E-state index contributed by atoms with van der Waals surface area (Å²) < 4.78 is 0.479. The molecule has 7 rings (SSSR count). The summed E-state index contributed by atoms with van der Waals surface area (Å²) >= 11 is 2.08. The van der Waals surface area contributed by atoms with E-state index in [0.29, 0.717) is 30.4 Å². The maximum atomic E-state index is 12.1. The Kier molecular flexibility index (Phi) is 89.5. The monoisotopic (exact) mass is 1560 g/mol. The van der Waals surface area contributed by atoms with Crippen LogP contribution in [-0.4, -0.2) is 267 Å². The fraction of sp³-hybridized carbons (Fsp3) is 0.353. The van der Waals surface area contributed by atoms with Crippen molar-refractivity contribution in [3.63, 3.8) is 0 Å². The molecule has 0 bridgehead atoms. The van der Waals surface area contributed by atoms with Crippen LogP contribution in [0.1, 0.15) is 12.8 Å². The van der Waals surface area contributed by atoms with E-state index in [-0.39, 0.29) is 99.0 Å². The van der Waals surface area contributed by atoms with E-state index in [9.17, 15) is 14.4 Å². The van der Waals surface area contributed by atoms with Crippen molar-refractivity contribution in [1.82, 2.24) is 69.0 Å². The molecule has 0 unspecified atom stereocenters. The SMILES string of the molecule is CN1C=CN(CC(CN2C=CN(C)[CH-]2)N2C(=O)CCC2=O)[CH-]1.CN1C=CN(CC(CN2C=CN(C)[CH-]2)NC(=O)CI)[CH-]1.CN1C=CN(CC(N)CN2C=CN(C)[CH-]2)[CH-]1.[CH-]=O.[CH-]=O.[CH-]=O.[CH-]=O.[CH-]=O.[CH-]=O.[CH-]=O.[CH-]=O.[CH-]=O.[CH-]=O.[CH-]=O.[CH-]=O.[Mo].[Mo].[Mo]. The van der Waals surface area contributed by atoms with Crippen molar-refractivity contribution in [3.05, 3.63) is 114 Å². The summed E-state index contributed by atoms with van der Waals surface area (Å²) in [6.07, 6.45) is 24.6. The number of hydrogen-bond donors (Lipinski definition) is 2. The molecule has 0 atom stereocenters. The molecule has 3 N–H and O–H groups in total. The predicted molar refractivity (Wildman–Crippen MR) is 312 cm³/mol. The molecule has 0 aromatic carbocycles. The van der Waals surface area contributed by atoms with Crippen LogP contribution in [-0.2, 0) is 135 Å². The summed E-state index contributed by atoms with van der Waals surface area (Å²) in [4.78, 5) is 155. The number of nitrogens with one attached hydrogen (secondary N) is 1. The minimum absolute atomic E-state index is 0. The third-order valence-corrected chi connectivity index (χ3v) is 10.2. The van der Waals surface area contributed by atoms with Crippen LogP contribution in [0.2, 0.25) is 0 Å². The first-order chi connectivity index (χ1) is 39.7. The number of carbonyl (C=O) groups excluding carboxylic acids is 15. The van der Waals surface area contributed by atoms with Gasteiger partial charge in [-0.15, -0.1) is 0 Å². The van der Waals surface area contributed by atoms with Gasteiger partial charge in [0.15, 0.2) is 0 Å². The number of hydrogen-bond acceptors (Lipinski definition) is 28. The fourth-order valence-electron chi connectivity index (χ4n) is 6.89. The fourth-order valence-corrected chi connectivity index (χ4v) is 7.11. The number of amides is 3. The number of imide groups is 1. The Morgan fingerprint density at radius 2 is 0.612 bits per heavy atom. The van der Waals surface area contributed by atoms with E-state index in [4.69, 9.17) is 63.3 Å². The smallest absolute Gasteiger partial charge is 0.230 e. The van der Waals surface area contributed by atoms with Crippen molar-refractivity contribution >= 4 is 122 Å². The van der Waals surface area contributed by atoms with E-state index in [1.807, 2.05) is 196 Å². The number of nitrogens with two attached hydrogens (primary N) is 1. The maximum absolute atomic E-state index is 12.1. The van der Waals surface area contributed by atoms with Crippen molar-refractivity contribution in [3.8, 4) is 0 Å². The Labute approximate surface area is 559 Å². The molecule has 7 aliphatic rings. The van der Waals surface area contributed by atoms with E-state index in [1.165, 1.54) is 4.90 Å². The van der Waals surface area contributed by atoms with Crippen LogP contribution >= 0.6 is 22.6 Å². The van der Waals surface area contributed by atoms with Gasteiger partial charge in [0.1, 0.15) is 0 Å². The molecular formula is C51H72IMo3N15O15-18. The van der Waals surface area contributed by atoms with Crippen LogP contribution in [0.25, 0.3) is 0 Å². The molecule has 0 aliphatic carbocycles. The summed E-state index contributed by atoms with van der Waals surface area (Å²) in [5, 5.41) is 3.08. The second-order valence-corrected chi connectivity index (χ2v) is 15.9. The van der Waals surface area contributed by atoms with Crippen LogP contribution in [0.3, 0.4) is 0 Å². The topological polar surface area (TPSA) is 336 Å². The second-order valence-electron chi connectivity index (χ2n) is 15.1. The third-order valence-electron chi connectivity index (χ3n) is 9.48. The Morgan fingerprint density at radius 3 is 0.800 bits per heavy atom. The number of nitrogens with zero attached hydrogens (tertiary/aromatic N) is 13. The first kappa shape index (κ1) is 103. The standard InChI is InChI=1S/C15H21N5O2.C13H20IN5O.C11H19N5.12CHO.3Mo/c1-16-5-7-18(11-16)9-13(10-19-8-6-17(2)12-19)20-14(21)3-4-15(20)22;1-16-3-5-18(10-16)8-12(15-13(20)7-14)9-19-6-4-17(2)11-19;1-13-3-5-15(9-13)7-11(12)8-16-6-4-14(2)10-16;12*1-2;;;/h5-8,11-13H,3-4,9-10H2,1-2H3;3-6,10-12H,7-9H2,1-2H3,(H,15,20);3-6,9-11H,7-8,12H2,1-2H3;12*1H;;;/q3*-2;12*-1;;;. The zero-order valence-electron chi connectivity index (χ0n) is 47.5. The van der Waals surface area contributed by atoms with Crippen LogP contribution in [0.4, 0.5) is 0 Å². The number of halogens is 1. The predicted octanol–water partition coefficient (Wildman–Crippen LogP) is -2.55. The van der Waals surface area contributed by atoms with Gasteiger partial charge >= 0.3 is 0 Å². The Balaban J connectivity index is -0.0000000900. The summed E-state index contributed by atoms with van der Waals surface area (Å²) in [5.74, 6) is -0.0604. The molecule has 30 nitrogen and oxygen atoms in total. The molecule has 1 fully saturated rings. The van der Waals surface area contributed by atoms with Crippen molar-refractivity contribution in [1.29, 1.82) is 0 Å². The van der Waals surface area contributed by atoms with Crippen molar-refractivity contribution in [2.75, 3.05) is 86.0 Å². The number of carbonyl (C=O) groups is 3. The molecule has 34 heteroatoms. The van der Waals surface area contributed by atoms with Gasteiger partial charge in [-0.25, -0.2) is 0 Å². The van der Waals surface area contributed by atoms with E-state index in [0.717, 1.165) is 26.2 Å². The molecule has 0 saturated carbocycles. The molecule has 7 heterocycles. The first-order valence-electron chi connectivity index (χ1n) is 22.1. The van der Waals surface area contributed by atoms with Gasteiger partial charge in [-0.3, -0.25) is 101 Å². The average molecular weight is 1550 g/mol. The molecule has 3 amide bonds. The summed E-state index contributed by atoms with van der Waals surface area (Å²) in [5.41, 5.74) is 6.10. The number of rotatable bonds is 15. The minimum Gasteiger partial charge on any atom is -0.545 e. The molecule has 1 saturated heterocycles. The van der Waals surface area contributed by atoms with Crippen LogP contribution < -0.4 is 11.1 Å². The van der Waals surface area contributed by atoms with E-state index < -0.39 is 0 Å². The van der Waals surface area contributed by atoms with Crippen LogP contribution in [0, 0.1) is 40.0 Å². The molecule has 0 aromatic heterocycles. The molecule has 0 aromatic rings. The summed E-state index contributed by atoms with van der Waals surface area (Å²) in [7, 11) is 11.9. The van der Waals surface area contributed by atoms with Gasteiger partial charge in [-0.2, -0.15) is 40.0 Å². The van der Waals surface area contributed by atoms with Gasteiger partial charge in [0, 0.05) is 121 Å². The van der Waals surface area contributed by atoms with Gasteiger partial charge in [-0.05, 0) is 117 Å². The molecular weight excluding hydrogens is 1480 g/mol. The van der Waals surface area contributed by atoms with Gasteiger partial charge in [0.2, 0.25) is 17.7 Å². The minimum atomic E-state index is -0.178. The van der Waals surface area contributed by atoms with Crippen molar-refractivity contribution in [2.45, 2.75) is 31.0 Å². The first-order valence-corrected chi connectivity index (χ1v) is 23.6. The van der Waals surface area contributed by atoms with Gasteiger partial charge < -0.3 is 127 Å². The number of likely N-dealkylation sites (tertiary alicyclic amines) is 1. The molecule has 7 aliphatic heterocycles. The quantitative estimate of drug-likeness (QED) is 0.0426. The van der Waals surface area contributed by atoms with Gasteiger partial charge in [-0.1, -0.05) is 22.6 Å². The zero-order valence-corrected chi connectivity index (χ0v) is 55.7.